The van der Waals surface area contributed by atoms with Crippen LogP contribution < -0.4 is 0 Å². The van der Waals surface area contributed by atoms with Gasteiger partial charge in [0.1, 0.15) is 0 Å². The lowest BCUT2D eigenvalue weighted by molar-refractivity contribution is -0.135. The highest BCUT2D eigenvalue weighted by atomic mass is 32.2. The molecule has 1 aromatic carbocycles. The molecule has 2 rings (SSSR count). The SMILES string of the molecule is Cc1cc(C)c(S(=O)(=O)N2CCN(C(=O)C(C)C)CC2)cc1C. The second kappa shape index (κ2) is 6.61. The normalized spacial score (nSPS) is 16.9. The van der Waals surface area contributed by atoms with Gasteiger partial charge in [0.15, 0.2) is 0 Å². The Labute approximate surface area is 139 Å². The molecule has 1 aliphatic heterocycles. The molecule has 23 heavy (non-hydrogen) atoms. The number of benzene rings is 1. The van der Waals surface area contributed by atoms with E-state index in [1.807, 2.05) is 40.7 Å². The minimum atomic E-state index is -3.51. The number of sulfonamides is 1. The largest absolute Gasteiger partial charge is 0.340 e. The summed E-state index contributed by atoms with van der Waals surface area (Å²) in [5.41, 5.74) is 2.84. The van der Waals surface area contributed by atoms with Crippen LogP contribution in [0.3, 0.4) is 0 Å². The molecular formula is C17H26N2O3S. The molecule has 1 aliphatic rings. The first-order valence-corrected chi connectivity index (χ1v) is 9.45. The highest BCUT2D eigenvalue weighted by molar-refractivity contribution is 7.89. The average molecular weight is 338 g/mol. The molecule has 0 saturated carbocycles. The fraction of sp³-hybridized carbons (Fsp3) is 0.588. The van der Waals surface area contributed by atoms with Gasteiger partial charge >= 0.3 is 0 Å². The summed E-state index contributed by atoms with van der Waals surface area (Å²) in [5, 5.41) is 0. The molecule has 1 aromatic rings. The maximum Gasteiger partial charge on any atom is 0.243 e. The van der Waals surface area contributed by atoms with E-state index in [9.17, 15) is 13.2 Å². The Hall–Kier alpha value is -1.40. The first kappa shape index (κ1) is 17.9. The van der Waals surface area contributed by atoms with Crippen molar-refractivity contribution >= 4 is 15.9 Å². The van der Waals surface area contributed by atoms with Crippen LogP contribution in [0.5, 0.6) is 0 Å². The molecule has 0 unspecified atom stereocenters. The maximum absolute atomic E-state index is 12.9. The van der Waals surface area contributed by atoms with Gasteiger partial charge in [-0.2, -0.15) is 4.31 Å². The maximum atomic E-state index is 12.9. The predicted octanol–water partition coefficient (Wildman–Crippen LogP) is 2.10. The summed E-state index contributed by atoms with van der Waals surface area (Å²) in [5.74, 6) is 0.0320. The van der Waals surface area contributed by atoms with E-state index >= 15 is 0 Å². The number of aryl methyl sites for hydroxylation is 3. The highest BCUT2D eigenvalue weighted by Crippen LogP contribution is 2.24. The van der Waals surface area contributed by atoms with Gasteiger partial charge < -0.3 is 4.90 Å². The Kier molecular flexibility index (Phi) is 5.16. The van der Waals surface area contributed by atoms with Crippen molar-refractivity contribution in [3.05, 3.63) is 28.8 Å². The fourth-order valence-corrected chi connectivity index (χ4v) is 4.58. The molecule has 0 bridgehead atoms. The second-order valence-electron chi connectivity index (χ2n) is 6.59. The van der Waals surface area contributed by atoms with Crippen LogP contribution in [0.2, 0.25) is 0 Å². The lowest BCUT2D eigenvalue weighted by Gasteiger charge is -2.35. The summed E-state index contributed by atoms with van der Waals surface area (Å²) < 4.78 is 27.3. The van der Waals surface area contributed by atoms with Crippen molar-refractivity contribution in [1.82, 2.24) is 9.21 Å². The van der Waals surface area contributed by atoms with Crippen LogP contribution in [-0.4, -0.2) is 49.7 Å². The van der Waals surface area contributed by atoms with Crippen LogP contribution in [0.15, 0.2) is 17.0 Å². The molecule has 0 spiro atoms. The van der Waals surface area contributed by atoms with E-state index < -0.39 is 10.0 Å². The van der Waals surface area contributed by atoms with E-state index in [0.29, 0.717) is 31.1 Å². The number of piperazine rings is 1. The summed E-state index contributed by atoms with van der Waals surface area (Å²) in [6, 6.07) is 3.67. The quantitative estimate of drug-likeness (QED) is 0.848. The molecule has 1 amide bonds. The van der Waals surface area contributed by atoms with Crippen LogP contribution in [0, 0.1) is 26.7 Å². The van der Waals surface area contributed by atoms with E-state index in [2.05, 4.69) is 0 Å². The number of hydrogen-bond acceptors (Lipinski definition) is 3. The Balaban J connectivity index is 2.20. The van der Waals surface area contributed by atoms with Gasteiger partial charge in [-0.25, -0.2) is 8.42 Å². The summed E-state index contributed by atoms with van der Waals surface area (Å²) in [7, 11) is -3.51. The Morgan fingerprint density at radius 1 is 0.957 bits per heavy atom. The molecular weight excluding hydrogens is 312 g/mol. The molecule has 6 heteroatoms. The van der Waals surface area contributed by atoms with E-state index in [-0.39, 0.29) is 11.8 Å². The number of nitrogens with zero attached hydrogens (tertiary/aromatic N) is 2. The van der Waals surface area contributed by atoms with Gasteiger partial charge in [0, 0.05) is 32.1 Å². The Morgan fingerprint density at radius 2 is 1.48 bits per heavy atom. The average Bonchev–Trinajstić information content (AvgIpc) is 2.50. The third kappa shape index (κ3) is 3.58. The second-order valence-corrected chi connectivity index (χ2v) is 8.49. The minimum absolute atomic E-state index is 0.0554. The van der Waals surface area contributed by atoms with Crippen LogP contribution >= 0.6 is 0 Å². The zero-order valence-corrected chi connectivity index (χ0v) is 15.4. The summed E-state index contributed by atoms with van der Waals surface area (Å²) in [6.07, 6.45) is 0. The van der Waals surface area contributed by atoms with E-state index in [1.54, 1.807) is 11.0 Å². The minimum Gasteiger partial charge on any atom is -0.340 e. The predicted molar refractivity (Wildman–Crippen MR) is 90.8 cm³/mol. The molecule has 0 N–H and O–H groups in total. The lowest BCUT2D eigenvalue weighted by atomic mass is 10.1. The van der Waals surface area contributed by atoms with E-state index in [0.717, 1.165) is 16.7 Å². The van der Waals surface area contributed by atoms with Crippen molar-refractivity contribution in [3.8, 4) is 0 Å². The molecule has 1 saturated heterocycles. The third-order valence-electron chi connectivity index (χ3n) is 4.45. The van der Waals surface area contributed by atoms with Crippen molar-refractivity contribution in [2.45, 2.75) is 39.5 Å². The van der Waals surface area contributed by atoms with Crippen molar-refractivity contribution in [3.63, 3.8) is 0 Å². The van der Waals surface area contributed by atoms with Gasteiger partial charge in [0.25, 0.3) is 0 Å². The molecule has 0 atom stereocenters. The molecule has 0 aliphatic carbocycles. The highest BCUT2D eigenvalue weighted by Gasteiger charge is 2.31. The zero-order valence-electron chi connectivity index (χ0n) is 14.6. The van der Waals surface area contributed by atoms with E-state index in [1.165, 1.54) is 4.31 Å². The standard InChI is InChI=1S/C17H26N2O3S/c1-12(2)17(20)18-6-8-19(9-7-18)23(21,22)16-11-14(4)13(3)10-15(16)5/h10-12H,6-9H2,1-5H3. The monoisotopic (exact) mass is 338 g/mol. The van der Waals surface area contributed by atoms with Gasteiger partial charge in [0.05, 0.1) is 4.90 Å². The van der Waals surface area contributed by atoms with E-state index in [4.69, 9.17) is 0 Å². The molecule has 1 fully saturated rings. The van der Waals surface area contributed by atoms with Crippen LogP contribution in [0.1, 0.15) is 30.5 Å². The number of carbonyl (C=O) groups excluding carboxylic acids is 1. The molecule has 5 nitrogen and oxygen atoms in total. The summed E-state index contributed by atoms with van der Waals surface area (Å²) in [4.78, 5) is 14.2. The zero-order chi connectivity index (χ0) is 17.4. The summed E-state index contributed by atoms with van der Waals surface area (Å²) >= 11 is 0. The van der Waals surface area contributed by atoms with Gasteiger partial charge in [0.2, 0.25) is 15.9 Å². The topological polar surface area (TPSA) is 57.7 Å². The number of carbonyl (C=O) groups is 1. The van der Waals surface area contributed by atoms with Gasteiger partial charge in [-0.05, 0) is 43.5 Å². The third-order valence-corrected chi connectivity index (χ3v) is 6.49. The van der Waals surface area contributed by atoms with Crippen LogP contribution in [-0.2, 0) is 14.8 Å². The van der Waals surface area contributed by atoms with Gasteiger partial charge in [-0.1, -0.05) is 19.9 Å². The smallest absolute Gasteiger partial charge is 0.243 e. The van der Waals surface area contributed by atoms with Crippen LogP contribution in [0.4, 0.5) is 0 Å². The van der Waals surface area contributed by atoms with Crippen molar-refractivity contribution < 1.29 is 13.2 Å². The molecule has 1 heterocycles. The first-order valence-electron chi connectivity index (χ1n) is 8.01. The van der Waals surface area contributed by atoms with Crippen molar-refractivity contribution in [1.29, 1.82) is 0 Å². The lowest BCUT2D eigenvalue weighted by Crippen LogP contribution is -2.51. The number of rotatable bonds is 3. The molecule has 128 valence electrons. The fourth-order valence-electron chi connectivity index (χ4n) is 2.87. The van der Waals surface area contributed by atoms with Crippen molar-refractivity contribution in [2.24, 2.45) is 5.92 Å². The van der Waals surface area contributed by atoms with Crippen molar-refractivity contribution in [2.75, 3.05) is 26.2 Å². The Bertz CT molecular complexity index is 703. The Morgan fingerprint density at radius 3 is 2.00 bits per heavy atom. The first-order chi connectivity index (χ1) is 10.6. The number of hydrogen-bond donors (Lipinski definition) is 0. The van der Waals surface area contributed by atoms with Gasteiger partial charge in [-0.15, -0.1) is 0 Å². The molecule has 0 aromatic heterocycles. The van der Waals surface area contributed by atoms with Gasteiger partial charge in [-0.3, -0.25) is 4.79 Å². The summed E-state index contributed by atoms with van der Waals surface area (Å²) in [6.45, 7) is 11.1. The molecule has 0 radical (unpaired) electrons. The van der Waals surface area contributed by atoms with Crippen LogP contribution in [0.25, 0.3) is 0 Å². The number of amides is 1.